The van der Waals surface area contributed by atoms with Gasteiger partial charge in [-0.05, 0) is 30.7 Å². The van der Waals surface area contributed by atoms with Gasteiger partial charge < -0.3 is 4.42 Å². The molecule has 3 rings (SSSR count). The highest BCUT2D eigenvalue weighted by atomic mass is 35.5. The molecule has 0 saturated heterocycles. The van der Waals surface area contributed by atoms with Gasteiger partial charge in [0.25, 0.3) is 0 Å². The summed E-state index contributed by atoms with van der Waals surface area (Å²) in [5.41, 5.74) is 2.11. The van der Waals surface area contributed by atoms with E-state index in [9.17, 15) is 8.42 Å². The van der Waals surface area contributed by atoms with Crippen molar-refractivity contribution in [2.24, 2.45) is 0 Å². The van der Waals surface area contributed by atoms with Crippen LogP contribution in [0.25, 0.3) is 11.5 Å². The standard InChI is InChI=1S/C16H12Cl2N2O3S/c1-10-2-4-11(5-3-10)9-24(21,22)16-20-19-15(23-16)13-7-6-12(17)8-14(13)18/h2-8H,9H2,1H3. The predicted octanol–water partition coefficient (Wildman–Crippen LogP) is 4.33. The lowest BCUT2D eigenvalue weighted by Gasteiger charge is -2.01. The van der Waals surface area contributed by atoms with E-state index < -0.39 is 15.1 Å². The van der Waals surface area contributed by atoms with Crippen LogP contribution in [0.2, 0.25) is 10.0 Å². The van der Waals surface area contributed by atoms with Crippen molar-refractivity contribution in [3.8, 4) is 11.5 Å². The Labute approximate surface area is 149 Å². The van der Waals surface area contributed by atoms with E-state index in [0.29, 0.717) is 21.2 Å². The molecule has 3 aromatic rings. The van der Waals surface area contributed by atoms with E-state index in [2.05, 4.69) is 10.2 Å². The number of nitrogens with zero attached hydrogens (tertiary/aromatic N) is 2. The summed E-state index contributed by atoms with van der Waals surface area (Å²) in [6.45, 7) is 1.93. The van der Waals surface area contributed by atoms with Crippen molar-refractivity contribution in [1.29, 1.82) is 0 Å². The van der Waals surface area contributed by atoms with Crippen LogP contribution in [-0.4, -0.2) is 18.6 Å². The second-order valence-electron chi connectivity index (χ2n) is 5.24. The number of sulfone groups is 1. The monoisotopic (exact) mass is 382 g/mol. The van der Waals surface area contributed by atoms with Crippen LogP contribution in [0, 0.1) is 6.92 Å². The fourth-order valence-electron chi connectivity index (χ4n) is 2.07. The molecule has 0 unspecified atom stereocenters. The second-order valence-corrected chi connectivity index (χ2v) is 7.95. The first kappa shape index (κ1) is 17.0. The van der Waals surface area contributed by atoms with Crippen molar-refractivity contribution in [1.82, 2.24) is 10.2 Å². The second kappa shape index (κ2) is 6.55. The lowest BCUT2D eigenvalue weighted by molar-refractivity contribution is 0.439. The number of aryl methyl sites for hydroxylation is 1. The maximum absolute atomic E-state index is 12.4. The van der Waals surface area contributed by atoms with Crippen molar-refractivity contribution in [2.75, 3.05) is 0 Å². The van der Waals surface area contributed by atoms with E-state index >= 15 is 0 Å². The van der Waals surface area contributed by atoms with Crippen molar-refractivity contribution in [3.63, 3.8) is 0 Å². The summed E-state index contributed by atoms with van der Waals surface area (Å²) >= 11 is 11.9. The third-order valence-corrected chi connectivity index (χ3v) is 5.27. The number of halogens is 2. The molecule has 124 valence electrons. The highest BCUT2D eigenvalue weighted by molar-refractivity contribution is 7.90. The molecule has 8 heteroatoms. The molecule has 0 amide bonds. The van der Waals surface area contributed by atoms with Gasteiger partial charge in [0.05, 0.1) is 16.3 Å². The molecule has 0 aliphatic heterocycles. The molecule has 0 radical (unpaired) electrons. The Hall–Kier alpha value is -1.89. The lowest BCUT2D eigenvalue weighted by Crippen LogP contribution is -2.05. The summed E-state index contributed by atoms with van der Waals surface area (Å²) in [5, 5.41) is 7.73. The van der Waals surface area contributed by atoms with Crippen LogP contribution >= 0.6 is 23.2 Å². The molecule has 1 heterocycles. The van der Waals surface area contributed by atoms with E-state index in [0.717, 1.165) is 5.56 Å². The van der Waals surface area contributed by atoms with E-state index in [1.807, 2.05) is 19.1 Å². The van der Waals surface area contributed by atoms with E-state index in [-0.39, 0.29) is 11.6 Å². The van der Waals surface area contributed by atoms with Crippen LogP contribution < -0.4 is 0 Å². The van der Waals surface area contributed by atoms with Gasteiger partial charge in [0.1, 0.15) is 0 Å². The number of hydrogen-bond donors (Lipinski definition) is 0. The summed E-state index contributed by atoms with van der Waals surface area (Å²) in [4.78, 5) is 0. The Morgan fingerprint density at radius 1 is 1.04 bits per heavy atom. The zero-order valence-electron chi connectivity index (χ0n) is 12.5. The van der Waals surface area contributed by atoms with Crippen molar-refractivity contribution < 1.29 is 12.8 Å². The number of rotatable bonds is 4. The van der Waals surface area contributed by atoms with Crippen molar-refractivity contribution in [2.45, 2.75) is 17.9 Å². The maximum Gasteiger partial charge on any atom is 0.336 e. The zero-order valence-corrected chi connectivity index (χ0v) is 14.9. The van der Waals surface area contributed by atoms with Gasteiger partial charge >= 0.3 is 5.22 Å². The van der Waals surface area contributed by atoms with Crippen LogP contribution in [0.1, 0.15) is 11.1 Å². The molecule has 0 aliphatic carbocycles. The van der Waals surface area contributed by atoms with Gasteiger partial charge in [-0.3, -0.25) is 0 Å². The minimum absolute atomic E-state index is 0.0270. The van der Waals surface area contributed by atoms with Crippen molar-refractivity contribution in [3.05, 3.63) is 63.6 Å². The molecule has 0 bridgehead atoms. The minimum atomic E-state index is -3.74. The Balaban J connectivity index is 1.90. The molecule has 0 N–H and O–H groups in total. The van der Waals surface area contributed by atoms with Crippen LogP contribution in [0.3, 0.4) is 0 Å². The van der Waals surface area contributed by atoms with E-state index in [1.165, 1.54) is 6.07 Å². The van der Waals surface area contributed by atoms with Crippen LogP contribution in [0.5, 0.6) is 0 Å². The van der Waals surface area contributed by atoms with Gasteiger partial charge in [-0.15, -0.1) is 5.10 Å². The Morgan fingerprint density at radius 3 is 2.42 bits per heavy atom. The van der Waals surface area contributed by atoms with Crippen LogP contribution in [-0.2, 0) is 15.6 Å². The van der Waals surface area contributed by atoms with Gasteiger partial charge in [0.15, 0.2) is 0 Å². The largest absolute Gasteiger partial charge is 0.408 e. The Morgan fingerprint density at radius 2 is 1.75 bits per heavy atom. The topological polar surface area (TPSA) is 73.1 Å². The first-order chi connectivity index (χ1) is 11.3. The van der Waals surface area contributed by atoms with E-state index in [1.54, 1.807) is 24.3 Å². The normalized spacial score (nSPS) is 11.6. The first-order valence-corrected chi connectivity index (χ1v) is 9.33. The smallest absolute Gasteiger partial charge is 0.336 e. The third-order valence-electron chi connectivity index (χ3n) is 3.31. The van der Waals surface area contributed by atoms with Gasteiger partial charge in [-0.25, -0.2) is 8.42 Å². The molecule has 0 spiro atoms. The summed E-state index contributed by atoms with van der Waals surface area (Å²) in [6, 6.07) is 11.9. The first-order valence-electron chi connectivity index (χ1n) is 6.92. The highest BCUT2D eigenvalue weighted by Crippen LogP contribution is 2.30. The summed E-state index contributed by atoms with van der Waals surface area (Å²) < 4.78 is 30.2. The average Bonchev–Trinajstić information content (AvgIpc) is 3.00. The molecule has 0 aliphatic rings. The molecule has 0 saturated carbocycles. The third kappa shape index (κ3) is 3.61. The molecule has 1 aromatic heterocycles. The zero-order chi connectivity index (χ0) is 17.3. The SMILES string of the molecule is Cc1ccc(CS(=O)(=O)c2nnc(-c3ccc(Cl)cc3Cl)o2)cc1. The molecule has 0 fully saturated rings. The fraction of sp³-hybridized carbons (Fsp3) is 0.125. The van der Waals surface area contributed by atoms with E-state index in [4.69, 9.17) is 27.6 Å². The van der Waals surface area contributed by atoms with Crippen molar-refractivity contribution >= 4 is 33.0 Å². The van der Waals surface area contributed by atoms with Gasteiger partial charge in [-0.2, -0.15) is 0 Å². The Kier molecular flexibility index (Phi) is 4.62. The van der Waals surface area contributed by atoms with Gasteiger partial charge in [-0.1, -0.05) is 58.1 Å². The number of aromatic nitrogens is 2. The average molecular weight is 383 g/mol. The number of hydrogen-bond acceptors (Lipinski definition) is 5. The number of benzene rings is 2. The fourth-order valence-corrected chi connectivity index (χ4v) is 3.69. The lowest BCUT2D eigenvalue weighted by atomic mass is 10.2. The molecule has 0 atom stereocenters. The summed E-state index contributed by atoms with van der Waals surface area (Å²) in [7, 11) is -3.74. The molecular weight excluding hydrogens is 371 g/mol. The predicted molar refractivity (Wildman–Crippen MR) is 91.8 cm³/mol. The molecular formula is C16H12Cl2N2O3S. The summed E-state index contributed by atoms with van der Waals surface area (Å²) in [5.74, 6) is -0.192. The van der Waals surface area contributed by atoms with Crippen LogP contribution in [0.15, 0.2) is 52.1 Å². The molecule has 2 aromatic carbocycles. The molecule has 5 nitrogen and oxygen atoms in total. The van der Waals surface area contributed by atoms with Crippen LogP contribution in [0.4, 0.5) is 0 Å². The van der Waals surface area contributed by atoms with Gasteiger partial charge in [0.2, 0.25) is 15.7 Å². The maximum atomic E-state index is 12.4. The van der Waals surface area contributed by atoms with Gasteiger partial charge in [0, 0.05) is 5.02 Å². The Bertz CT molecular complexity index is 983. The minimum Gasteiger partial charge on any atom is -0.408 e. The highest BCUT2D eigenvalue weighted by Gasteiger charge is 2.24. The summed E-state index contributed by atoms with van der Waals surface area (Å²) in [6.07, 6.45) is 0. The quantitative estimate of drug-likeness (QED) is 0.671. The molecule has 24 heavy (non-hydrogen) atoms.